The molecule has 0 bridgehead atoms. The van der Waals surface area contributed by atoms with Gasteiger partial charge in [-0.25, -0.2) is 8.78 Å². The Balaban J connectivity index is 0.690. The molecule has 1 saturated carbocycles. The van der Waals surface area contributed by atoms with Crippen molar-refractivity contribution in [1.82, 2.24) is 24.9 Å². The fraction of sp³-hybridized carbons (Fsp3) is 0.519. The van der Waals surface area contributed by atoms with Gasteiger partial charge in [0.15, 0.2) is 17.9 Å². The van der Waals surface area contributed by atoms with Gasteiger partial charge in [-0.1, -0.05) is 16.3 Å². The predicted molar refractivity (Wildman–Crippen MR) is 263 cm³/mol. The van der Waals surface area contributed by atoms with Crippen LogP contribution in [0.1, 0.15) is 94.8 Å². The Morgan fingerprint density at radius 3 is 2.43 bits per heavy atom. The summed E-state index contributed by atoms with van der Waals surface area (Å²) in [6.07, 6.45) is 12.9. The summed E-state index contributed by atoms with van der Waals surface area (Å²) in [4.78, 5) is 23.7. The van der Waals surface area contributed by atoms with Crippen LogP contribution in [0.3, 0.4) is 0 Å². The number of hydrazone groups is 1. The first-order valence-corrected chi connectivity index (χ1v) is 25.2. The molecule has 69 heavy (non-hydrogen) atoms. The first kappa shape index (κ1) is 45.5. The zero-order chi connectivity index (χ0) is 47.6. The average Bonchev–Trinajstić information content (AvgIpc) is 4.04. The number of carbonyl (C=O) groups is 1. The number of aryl methyl sites for hydroxylation is 2. The van der Waals surface area contributed by atoms with Gasteiger partial charge in [0, 0.05) is 106 Å². The number of carbonyl (C=O) groups excluding carboxylic acids is 1. The second kappa shape index (κ2) is 18.4. The Kier molecular flexibility index (Phi) is 12.2. The zero-order valence-corrected chi connectivity index (χ0v) is 40.5. The fourth-order valence-corrected chi connectivity index (χ4v) is 12.3. The van der Waals surface area contributed by atoms with Gasteiger partial charge in [0.2, 0.25) is 17.4 Å². The summed E-state index contributed by atoms with van der Waals surface area (Å²) in [6.45, 7) is 10.1. The van der Waals surface area contributed by atoms with Crippen LogP contribution in [0.2, 0.25) is 5.02 Å². The second-order valence-electron chi connectivity index (χ2n) is 20.5. The number of fused-ring (bicyclic) bond motifs is 1. The van der Waals surface area contributed by atoms with Crippen molar-refractivity contribution >= 4 is 52.6 Å². The van der Waals surface area contributed by atoms with Gasteiger partial charge in [-0.2, -0.15) is 10.4 Å². The number of ether oxygens (including phenoxy) is 1. The molecular weight excluding hydrogens is 898 g/mol. The van der Waals surface area contributed by atoms with Crippen LogP contribution < -0.4 is 19.6 Å². The van der Waals surface area contributed by atoms with Crippen molar-refractivity contribution in [1.29, 1.82) is 5.26 Å². The number of hydrogen-bond acceptors (Lipinski definition) is 11. The Bertz CT molecular complexity index is 2760. The monoisotopic (exact) mass is 957 g/mol. The molecule has 0 N–H and O–H groups in total. The van der Waals surface area contributed by atoms with E-state index >= 15 is 0 Å². The highest BCUT2D eigenvalue weighted by Gasteiger charge is 2.45. The molecule has 4 aromatic rings. The number of halogens is 3. The number of piperidine rings is 1. The van der Waals surface area contributed by atoms with E-state index in [4.69, 9.17) is 21.4 Å². The van der Waals surface area contributed by atoms with Crippen LogP contribution in [0.15, 0.2) is 71.2 Å². The number of anilines is 4. The molecule has 4 fully saturated rings. The molecule has 6 aliphatic heterocycles. The highest BCUT2D eigenvalue weighted by Crippen LogP contribution is 2.46. The average molecular weight is 959 g/mol. The van der Waals surface area contributed by atoms with Crippen molar-refractivity contribution < 1.29 is 23.0 Å². The van der Waals surface area contributed by atoms with Crippen molar-refractivity contribution in [3.8, 4) is 17.2 Å². The third-order valence-electron chi connectivity index (χ3n) is 16.0. The summed E-state index contributed by atoms with van der Waals surface area (Å²) in [5, 5.41) is 28.7. The number of alkyl halides is 2. The lowest BCUT2D eigenvalue weighted by molar-refractivity contribution is -0.479. The third kappa shape index (κ3) is 8.85. The molecule has 2 aromatic heterocycles. The van der Waals surface area contributed by atoms with Gasteiger partial charge in [0.25, 0.3) is 6.43 Å². The van der Waals surface area contributed by atoms with Crippen LogP contribution in [0.4, 0.5) is 31.8 Å². The maximum absolute atomic E-state index is 14.7. The number of hydrogen-bond donors (Lipinski definition) is 0. The molecule has 1 atom stereocenters. The van der Waals surface area contributed by atoms with E-state index in [0.29, 0.717) is 59.7 Å². The number of benzene rings is 2. The molecule has 1 aliphatic carbocycles. The van der Waals surface area contributed by atoms with Crippen LogP contribution in [-0.2, 0) is 23.0 Å². The van der Waals surface area contributed by atoms with Crippen molar-refractivity contribution in [2.24, 2.45) is 23.5 Å². The maximum Gasteiger partial charge on any atom is 0.264 e. The van der Waals surface area contributed by atoms with Crippen LogP contribution in [0.5, 0.6) is 0 Å². The van der Waals surface area contributed by atoms with Gasteiger partial charge >= 0.3 is 0 Å². The third-order valence-corrected chi connectivity index (χ3v) is 16.3. The lowest BCUT2D eigenvalue weighted by atomic mass is 9.77. The SMILES string of the molecule is CC(=O)N1CCC2=C(C1)C(N1CCCc3cc(-c4cnn(C)c4)c(C(F)F)cc31)=N/[N+]2=C\C1CCC(OC2CN(c3ccc(N4CCC5(CC4)C[C@H](C)N(c4ccc(C#N)c(Cl)c4)C5)nn3)C2)CC1. The summed E-state index contributed by atoms with van der Waals surface area (Å²) in [5.74, 6) is 2.91. The van der Waals surface area contributed by atoms with Gasteiger partial charge in [-0.15, -0.1) is 10.2 Å². The molecule has 8 heterocycles. The standard InChI is InChI=1S/C52H60ClF2N12O2/c1-33-24-52(32-66(33)39-9-8-37(25-56)45(53)22-39)15-19-62(20-16-52)48-12-13-49(59-58-48)64-29-41(30-64)69-40-10-6-35(7-11-40)27-67-46-14-18-63(34(2)68)31-44(46)51(60-67)65-17-4-5-36-21-42(38-26-57-61(3)28-38)43(50(54)55)23-47(36)65/h8-9,12-13,21-23,26-28,33,35,40-41,50H,4-7,10-11,14-20,24,29-32H2,1-3H3/q+1/b67-27-/t33-,35?,40?/m0/s1. The van der Waals surface area contributed by atoms with Crippen LogP contribution >= 0.6 is 11.6 Å². The normalized spacial score (nSPS) is 24.3. The van der Waals surface area contributed by atoms with E-state index in [-0.39, 0.29) is 29.1 Å². The molecule has 0 unspecified atom stereocenters. The van der Waals surface area contributed by atoms with E-state index in [9.17, 15) is 18.8 Å². The van der Waals surface area contributed by atoms with Crippen molar-refractivity contribution in [2.75, 3.05) is 72.0 Å². The number of nitrogens with zero attached hydrogens (tertiary/aromatic N) is 12. The van der Waals surface area contributed by atoms with E-state index in [1.54, 1.807) is 37.1 Å². The Morgan fingerprint density at radius 2 is 1.75 bits per heavy atom. The van der Waals surface area contributed by atoms with Gasteiger partial charge in [-0.3, -0.25) is 9.48 Å². The van der Waals surface area contributed by atoms with Crippen molar-refractivity contribution in [3.63, 3.8) is 0 Å². The van der Waals surface area contributed by atoms with Gasteiger partial charge in [-0.05, 0) is 124 Å². The first-order chi connectivity index (χ1) is 33.4. The van der Waals surface area contributed by atoms with E-state index in [2.05, 4.69) is 70.9 Å². The number of aromatic nitrogens is 4. The summed E-state index contributed by atoms with van der Waals surface area (Å²) in [5.41, 5.74) is 6.91. The number of nitriles is 1. The minimum Gasteiger partial charge on any atom is -0.371 e. The fourth-order valence-electron chi connectivity index (χ4n) is 12.1. The van der Waals surface area contributed by atoms with Crippen LogP contribution in [-0.4, -0.2) is 118 Å². The molecule has 11 rings (SSSR count). The molecule has 2 aromatic carbocycles. The van der Waals surface area contributed by atoms with Gasteiger partial charge in [0.05, 0.1) is 47.5 Å². The Morgan fingerprint density at radius 1 is 0.986 bits per heavy atom. The first-order valence-electron chi connectivity index (χ1n) is 24.8. The van der Waals surface area contributed by atoms with Gasteiger partial charge < -0.3 is 29.2 Å². The highest BCUT2D eigenvalue weighted by atomic mass is 35.5. The summed E-state index contributed by atoms with van der Waals surface area (Å²) in [7, 11) is 1.79. The largest absolute Gasteiger partial charge is 0.371 e. The lowest BCUT2D eigenvalue weighted by Gasteiger charge is -2.42. The Labute approximate surface area is 407 Å². The smallest absolute Gasteiger partial charge is 0.264 e. The minimum atomic E-state index is -2.66. The molecule has 7 aliphatic rings. The summed E-state index contributed by atoms with van der Waals surface area (Å²) >= 11 is 6.40. The molecule has 0 radical (unpaired) electrons. The molecule has 1 spiro atoms. The number of amidine groups is 1. The molecule has 3 saturated heterocycles. The molecule has 14 nitrogen and oxygen atoms in total. The van der Waals surface area contributed by atoms with E-state index < -0.39 is 6.43 Å². The summed E-state index contributed by atoms with van der Waals surface area (Å²) in [6, 6.07) is 16.1. The molecule has 360 valence electrons. The predicted octanol–water partition coefficient (Wildman–Crippen LogP) is 8.36. The Hall–Kier alpha value is -5.92. The zero-order valence-electron chi connectivity index (χ0n) is 39.7. The minimum absolute atomic E-state index is 0.0150. The van der Waals surface area contributed by atoms with Crippen molar-refractivity contribution in [2.45, 2.75) is 103 Å². The quantitative estimate of drug-likeness (QED) is 0.159. The number of amides is 1. The number of rotatable bonds is 8. The van der Waals surface area contributed by atoms with Crippen LogP contribution in [0.25, 0.3) is 11.1 Å². The van der Waals surface area contributed by atoms with Gasteiger partial charge in [0.1, 0.15) is 6.07 Å². The molecule has 17 heteroatoms. The van der Waals surface area contributed by atoms with Crippen LogP contribution in [0, 0.1) is 22.7 Å². The molecule has 1 amide bonds. The lowest BCUT2D eigenvalue weighted by Crippen LogP contribution is -2.54. The van der Waals surface area contributed by atoms with E-state index in [1.165, 1.54) is 0 Å². The molecular formula is C52H60ClF2N12O2+. The van der Waals surface area contributed by atoms with E-state index in [1.807, 2.05) is 29.2 Å². The van der Waals surface area contributed by atoms with E-state index in [0.717, 1.165) is 136 Å². The maximum atomic E-state index is 14.7. The summed E-state index contributed by atoms with van der Waals surface area (Å²) < 4.78 is 39.8. The topological polar surface area (TPSA) is 125 Å². The second-order valence-corrected chi connectivity index (χ2v) is 20.9. The van der Waals surface area contributed by atoms with Crippen molar-refractivity contribution in [3.05, 3.63) is 87.8 Å². The highest BCUT2D eigenvalue weighted by molar-refractivity contribution is 6.32.